The SMILES string of the molecule is CC(Nc1cc(F)c(Br)cc1[N+](=O)[O-])(C(=O)O)C(F)(F)F. The van der Waals surface area contributed by atoms with Crippen molar-refractivity contribution in [1.29, 1.82) is 0 Å². The van der Waals surface area contributed by atoms with Crippen LogP contribution in [0.25, 0.3) is 0 Å². The van der Waals surface area contributed by atoms with Gasteiger partial charge in [0.25, 0.3) is 5.69 Å². The van der Waals surface area contributed by atoms with E-state index in [0.29, 0.717) is 12.1 Å². The predicted molar refractivity (Wildman–Crippen MR) is 66.5 cm³/mol. The normalized spacial score (nSPS) is 14.4. The first-order valence-electron chi connectivity index (χ1n) is 5.12. The quantitative estimate of drug-likeness (QED) is 0.479. The fourth-order valence-electron chi connectivity index (χ4n) is 1.30. The molecule has 1 aromatic carbocycles. The zero-order valence-electron chi connectivity index (χ0n) is 10.2. The van der Waals surface area contributed by atoms with Crippen LogP contribution in [0.15, 0.2) is 16.6 Å². The number of benzene rings is 1. The van der Waals surface area contributed by atoms with Gasteiger partial charge in [0.05, 0.1) is 9.40 Å². The standard InChI is InChI=1S/C10H7BrF4N2O4/c1-9(8(18)19,10(13,14)15)16-6-3-5(12)4(11)2-7(6)17(20)21/h2-3,16H,1H3,(H,18,19). The average Bonchev–Trinajstić information content (AvgIpc) is 2.31. The number of hydrogen-bond acceptors (Lipinski definition) is 4. The van der Waals surface area contributed by atoms with Gasteiger partial charge in [-0.2, -0.15) is 13.2 Å². The van der Waals surface area contributed by atoms with E-state index in [1.165, 1.54) is 5.32 Å². The minimum absolute atomic E-state index is 0.277. The van der Waals surface area contributed by atoms with Crippen LogP contribution < -0.4 is 5.32 Å². The van der Waals surface area contributed by atoms with E-state index in [1.54, 1.807) is 0 Å². The summed E-state index contributed by atoms with van der Waals surface area (Å²) in [6.45, 7) is 0.277. The smallest absolute Gasteiger partial charge is 0.422 e. The Morgan fingerprint density at radius 2 is 1.95 bits per heavy atom. The molecule has 0 aliphatic heterocycles. The van der Waals surface area contributed by atoms with E-state index in [1.807, 2.05) is 0 Å². The van der Waals surface area contributed by atoms with Gasteiger partial charge in [0.2, 0.25) is 5.54 Å². The van der Waals surface area contributed by atoms with Crippen LogP contribution in [0.5, 0.6) is 0 Å². The number of alkyl halides is 3. The number of carboxylic acids is 1. The van der Waals surface area contributed by atoms with E-state index in [9.17, 15) is 32.5 Å². The summed E-state index contributed by atoms with van der Waals surface area (Å²) in [6, 6.07) is 1.05. The third kappa shape index (κ3) is 3.23. The fourth-order valence-corrected chi connectivity index (χ4v) is 1.63. The Labute approximate surface area is 123 Å². The van der Waals surface area contributed by atoms with Gasteiger partial charge >= 0.3 is 12.1 Å². The molecule has 0 bridgehead atoms. The second kappa shape index (κ2) is 5.47. The highest BCUT2D eigenvalue weighted by atomic mass is 79.9. The number of nitrogens with one attached hydrogen (secondary N) is 1. The summed E-state index contributed by atoms with van der Waals surface area (Å²) in [4.78, 5) is 20.6. The van der Waals surface area contributed by atoms with Gasteiger partial charge in [0.15, 0.2) is 0 Å². The van der Waals surface area contributed by atoms with Gasteiger partial charge in [-0.05, 0) is 22.9 Å². The number of rotatable bonds is 4. The van der Waals surface area contributed by atoms with Gasteiger partial charge < -0.3 is 10.4 Å². The number of halogens is 5. The first kappa shape index (κ1) is 17.1. The average molecular weight is 375 g/mol. The monoisotopic (exact) mass is 374 g/mol. The third-order valence-corrected chi connectivity index (χ3v) is 3.22. The molecule has 0 spiro atoms. The Kier molecular flexibility index (Phi) is 4.46. The van der Waals surface area contributed by atoms with Gasteiger partial charge in [-0.25, -0.2) is 9.18 Å². The molecule has 0 aliphatic rings. The molecule has 0 aromatic heterocycles. The number of aliphatic carboxylic acids is 1. The second-order valence-corrected chi connectivity index (χ2v) is 4.95. The lowest BCUT2D eigenvalue weighted by atomic mass is 10.0. The summed E-state index contributed by atoms with van der Waals surface area (Å²) < 4.78 is 51.5. The number of nitrogens with zero attached hydrogens (tertiary/aromatic N) is 1. The highest BCUT2D eigenvalue weighted by molar-refractivity contribution is 9.10. The summed E-state index contributed by atoms with van der Waals surface area (Å²) in [5, 5.41) is 21.0. The van der Waals surface area contributed by atoms with Crippen LogP contribution in [0.1, 0.15) is 6.92 Å². The number of nitro groups is 1. The van der Waals surface area contributed by atoms with Gasteiger partial charge in [-0.3, -0.25) is 10.1 Å². The summed E-state index contributed by atoms with van der Waals surface area (Å²) in [5.41, 5.74) is -5.32. The van der Waals surface area contributed by atoms with Crippen molar-refractivity contribution < 1.29 is 32.4 Å². The summed E-state index contributed by atoms with van der Waals surface area (Å²) in [5.74, 6) is -3.40. The van der Waals surface area contributed by atoms with Crippen LogP contribution in [0.2, 0.25) is 0 Å². The van der Waals surface area contributed by atoms with E-state index in [2.05, 4.69) is 15.9 Å². The number of carboxylic acid groups (broad SMARTS) is 1. The molecule has 1 unspecified atom stereocenters. The molecule has 116 valence electrons. The highest BCUT2D eigenvalue weighted by Gasteiger charge is 2.58. The molecule has 0 saturated heterocycles. The lowest BCUT2D eigenvalue weighted by Crippen LogP contribution is -2.55. The Morgan fingerprint density at radius 1 is 1.43 bits per heavy atom. The maximum Gasteiger partial charge on any atom is 0.422 e. The molecule has 11 heteroatoms. The van der Waals surface area contributed by atoms with Gasteiger partial charge in [0.1, 0.15) is 11.5 Å². The zero-order chi connectivity index (χ0) is 16.6. The minimum atomic E-state index is -5.27. The first-order valence-corrected chi connectivity index (χ1v) is 5.91. The molecule has 1 aromatic rings. The van der Waals surface area contributed by atoms with Crippen LogP contribution in [-0.2, 0) is 4.79 Å². The van der Waals surface area contributed by atoms with Crippen molar-refractivity contribution in [2.45, 2.75) is 18.6 Å². The molecular weight excluding hydrogens is 368 g/mol. The Hall–Kier alpha value is -1.91. The maximum absolute atomic E-state index is 13.4. The zero-order valence-corrected chi connectivity index (χ0v) is 11.7. The molecule has 0 radical (unpaired) electrons. The van der Waals surface area contributed by atoms with Crippen molar-refractivity contribution in [2.24, 2.45) is 0 Å². The molecule has 2 N–H and O–H groups in total. The van der Waals surface area contributed by atoms with E-state index < -0.39 is 39.8 Å². The van der Waals surface area contributed by atoms with Crippen LogP contribution in [0.3, 0.4) is 0 Å². The number of hydrogen-bond donors (Lipinski definition) is 2. The topological polar surface area (TPSA) is 92.5 Å². The number of nitro benzene ring substituents is 1. The van der Waals surface area contributed by atoms with Crippen molar-refractivity contribution >= 4 is 33.3 Å². The van der Waals surface area contributed by atoms with Crippen molar-refractivity contribution in [1.82, 2.24) is 0 Å². The molecule has 0 aliphatic carbocycles. The van der Waals surface area contributed by atoms with E-state index in [0.717, 1.165) is 0 Å². The van der Waals surface area contributed by atoms with Crippen LogP contribution in [0.4, 0.5) is 28.9 Å². The number of anilines is 1. The maximum atomic E-state index is 13.4. The van der Waals surface area contributed by atoms with E-state index in [4.69, 9.17) is 5.11 Å². The van der Waals surface area contributed by atoms with E-state index in [-0.39, 0.29) is 11.4 Å². The van der Waals surface area contributed by atoms with Crippen molar-refractivity contribution in [3.05, 3.63) is 32.5 Å². The fraction of sp³-hybridized carbons (Fsp3) is 0.300. The highest BCUT2D eigenvalue weighted by Crippen LogP contribution is 2.38. The second-order valence-electron chi connectivity index (χ2n) is 4.09. The molecule has 0 saturated carbocycles. The first-order chi connectivity index (χ1) is 9.40. The predicted octanol–water partition coefficient (Wildman–Crippen LogP) is 3.31. The Bertz CT molecular complexity index is 607. The molecule has 0 heterocycles. The molecule has 0 fully saturated rings. The van der Waals surface area contributed by atoms with E-state index >= 15 is 0 Å². The van der Waals surface area contributed by atoms with Crippen molar-refractivity contribution in [3.63, 3.8) is 0 Å². The van der Waals surface area contributed by atoms with Crippen molar-refractivity contribution in [3.8, 4) is 0 Å². The lowest BCUT2D eigenvalue weighted by molar-refractivity contribution is -0.384. The van der Waals surface area contributed by atoms with Gasteiger partial charge in [-0.15, -0.1) is 0 Å². The summed E-state index contributed by atoms with van der Waals surface area (Å²) in [7, 11) is 0. The third-order valence-electron chi connectivity index (χ3n) is 2.61. The molecular formula is C10H7BrF4N2O4. The minimum Gasteiger partial charge on any atom is -0.479 e. The lowest BCUT2D eigenvalue weighted by Gasteiger charge is -2.29. The molecule has 1 atom stereocenters. The van der Waals surface area contributed by atoms with Gasteiger partial charge in [0, 0.05) is 12.1 Å². The van der Waals surface area contributed by atoms with Crippen molar-refractivity contribution in [2.75, 3.05) is 5.32 Å². The Balaban J connectivity index is 3.44. The van der Waals surface area contributed by atoms with Gasteiger partial charge in [-0.1, -0.05) is 0 Å². The summed E-state index contributed by atoms with van der Waals surface area (Å²) in [6.07, 6.45) is -5.27. The molecule has 6 nitrogen and oxygen atoms in total. The number of carbonyl (C=O) groups is 1. The Morgan fingerprint density at radius 3 is 2.33 bits per heavy atom. The molecule has 21 heavy (non-hydrogen) atoms. The summed E-state index contributed by atoms with van der Waals surface area (Å²) >= 11 is 2.65. The molecule has 0 amide bonds. The largest absolute Gasteiger partial charge is 0.479 e. The molecule has 1 rings (SSSR count). The van der Waals surface area contributed by atoms with Crippen LogP contribution in [0, 0.1) is 15.9 Å². The van der Waals surface area contributed by atoms with Crippen LogP contribution >= 0.6 is 15.9 Å². The van der Waals surface area contributed by atoms with Crippen LogP contribution in [-0.4, -0.2) is 27.7 Å².